The highest BCUT2D eigenvalue weighted by Gasteiger charge is 2.99. The molecule has 0 fully saturated rings. The topological polar surface area (TPSA) is 664 Å². The molecule has 0 aromatic carbocycles. The van der Waals surface area contributed by atoms with E-state index in [0.29, 0.717) is 0 Å². The second-order valence-electron chi connectivity index (χ2n) is 21.9. The Morgan fingerprint density at radius 3 is 0.644 bits per heavy atom. The van der Waals surface area contributed by atoms with Crippen molar-refractivity contribution in [1.82, 2.24) is 0 Å². The summed E-state index contributed by atoms with van der Waals surface area (Å²) in [5.74, 6) is 0. The molecule has 83 heteroatoms. The van der Waals surface area contributed by atoms with Gasteiger partial charge in [-0.15, -0.1) is 0 Å². The molecule has 0 saturated carbocycles. The summed E-state index contributed by atoms with van der Waals surface area (Å²) in [4.78, 5) is 322. The molecule has 1 atom stereocenters. The first-order valence-corrected chi connectivity index (χ1v) is 131. The summed E-state index contributed by atoms with van der Waals surface area (Å²) >= 11 is 0. The Morgan fingerprint density at radius 2 is 0.456 bits per heavy atom. The predicted octanol–water partition coefficient (Wildman–Crippen LogP) is -41.6. The molecule has 90 heavy (non-hydrogen) atoms. The third-order valence-corrected chi connectivity index (χ3v) is 429. The lowest BCUT2D eigenvalue weighted by atomic mass is 11.8. The van der Waals surface area contributed by atoms with E-state index >= 15 is 0 Å². The molecule has 26 N–H and O–H groups in total. The zero-order chi connectivity index (χ0) is 70.1. The van der Waals surface area contributed by atoms with Gasteiger partial charge in [0.25, 0.3) is 117 Å². The minimum atomic E-state index is -7.57. The number of hydrogen-bond donors (Lipinski definition) is 26. The van der Waals surface area contributed by atoms with Gasteiger partial charge in [-0.1, -0.05) is 0 Å². The minimum Gasteiger partial charge on any atom is -0.441 e. The van der Waals surface area contributed by atoms with Gasteiger partial charge in [-0.3, -0.25) is 0 Å². The molecule has 542 valence electrons. The van der Waals surface area contributed by atoms with Crippen molar-refractivity contribution < 1.29 is 186 Å². The summed E-state index contributed by atoms with van der Waals surface area (Å²) in [6.07, 6.45) is 0. The highest BCUT2D eigenvalue weighted by molar-refractivity contribution is 8.23. The normalized spacial score (nSPS) is 25.6. The zero-order valence-corrected chi connectivity index (χ0v) is 104. The molecular weight excluding hydrogens is 1920 g/mol. The molecule has 0 aliphatic rings. The van der Waals surface area contributed by atoms with E-state index < -0.39 is 366 Å². The maximum Gasteiger partial charge on any atom is 0.338 e. The predicted molar refractivity (Wildman–Crippen MR) is 431 cm³/mol. The largest absolute Gasteiger partial charge is 0.441 e. The van der Waals surface area contributed by atoms with Gasteiger partial charge >= 0.3 is 38.0 Å². The van der Waals surface area contributed by atoms with Crippen LogP contribution in [0.4, 0.5) is 0 Å². The van der Waals surface area contributed by atoms with Gasteiger partial charge in [-0.05, 0) is 45.8 Å². The fraction of sp³-hybridized carbons (Fsp3) is 1.00. The Balaban J connectivity index is 14.3. The van der Waals surface area contributed by atoms with Gasteiger partial charge in [0.2, 0.25) is 83.2 Å². The zero-order valence-electron chi connectivity index (χ0n) is 51.2. The van der Waals surface area contributed by atoms with Gasteiger partial charge in [-0.2, -0.15) is 0 Å². The van der Waals surface area contributed by atoms with Gasteiger partial charge in [-0.25, -0.2) is 0 Å². The van der Waals surface area contributed by atoms with Crippen molar-refractivity contribution in [3.63, 3.8) is 0 Å². The van der Waals surface area contributed by atoms with E-state index in [1.165, 1.54) is 6.55 Å². The van der Waals surface area contributed by atoms with E-state index in [9.17, 15) is 125 Å². The Hall–Kier alpha value is 7.47. The van der Waals surface area contributed by atoms with Gasteiger partial charge in [0.15, 0.2) is 128 Å². The van der Waals surface area contributed by atoms with Crippen LogP contribution >= 0.6 is 0 Å². The molecular formula is C7H100O41Si42. The Kier molecular flexibility index (Phi) is 47.6. The van der Waals surface area contributed by atoms with Crippen molar-refractivity contribution in [2.24, 2.45) is 0 Å². The van der Waals surface area contributed by atoms with Crippen LogP contribution in [0.25, 0.3) is 0 Å². The van der Waals surface area contributed by atoms with Crippen molar-refractivity contribution in [2.45, 2.75) is 45.8 Å². The standard InChI is InChI=1S/C7H100O41Si42/c1-75(42-76(2,3)4)43-81(89(85(67-26,68-27)38-53-12,86(69-28,70-29)39-54-13)46-78(57-16,58-17)34-49-8,90(87(71-30,72-31)40-55-14,88(73-32,74-33)41-56-15)47-79(59-18,60-19)35-50-9)48-82(83(63-22,64-23)36-51-10,84(65-24,66-25)37-52-11)45-80(61-20,62-21)44-77(5,6)7/h8-33,75H,49-74H2,1-7H3. The smallest absolute Gasteiger partial charge is 0.338 e. The quantitative estimate of drug-likeness (QED) is 0.0251. The highest BCUT2D eigenvalue weighted by atomic mass is 30.5. The molecule has 0 rings (SSSR count). The van der Waals surface area contributed by atoms with Crippen molar-refractivity contribution in [1.29, 1.82) is 0 Å². The maximum absolute atomic E-state index is 13.1. The summed E-state index contributed by atoms with van der Waals surface area (Å²) in [7, 11) is -132. The molecule has 0 amide bonds. The van der Waals surface area contributed by atoms with Gasteiger partial charge in [0.05, 0.1) is 0 Å². The molecule has 0 radical (unpaired) electrons. The molecule has 0 aromatic heterocycles. The first-order chi connectivity index (χ1) is 42.2. The van der Waals surface area contributed by atoms with E-state index in [0.717, 1.165) is 0 Å². The summed E-state index contributed by atoms with van der Waals surface area (Å²) in [6.45, 7) is -38.4. The van der Waals surface area contributed by atoms with Crippen LogP contribution in [-0.2, 0) is 61.7 Å². The molecule has 1 unspecified atom stereocenters. The maximum atomic E-state index is 13.1. The monoisotopic (exact) mass is 2020 g/mol. The first-order valence-electron chi connectivity index (χ1n) is 27.0. The molecule has 0 aliphatic heterocycles. The van der Waals surface area contributed by atoms with Gasteiger partial charge in [0.1, 0.15) is 0 Å². The fourth-order valence-corrected chi connectivity index (χ4v) is 749. The molecule has 41 nitrogen and oxygen atoms in total. The summed E-state index contributed by atoms with van der Waals surface area (Å²) in [5, 5.41) is 0. The van der Waals surface area contributed by atoms with Crippen molar-refractivity contribution in [3.8, 4) is 0 Å². The fourth-order valence-electron chi connectivity index (χ4n) is 10.7. The summed E-state index contributed by atoms with van der Waals surface area (Å²) in [5.41, 5.74) is 0. The molecule has 0 aromatic rings. The second-order valence-corrected chi connectivity index (χ2v) is 256. The lowest BCUT2D eigenvalue weighted by Crippen LogP contribution is -3.14. The second kappa shape index (κ2) is 43.9. The van der Waals surface area contributed by atoms with E-state index in [2.05, 4.69) is 0 Å². The van der Waals surface area contributed by atoms with Crippen molar-refractivity contribution >= 4 is 366 Å². The Labute approximate surface area is 591 Å². The lowest BCUT2D eigenvalue weighted by molar-refractivity contribution is 0.302. The van der Waals surface area contributed by atoms with Gasteiger partial charge in [0, 0.05) is 0 Å². The van der Waals surface area contributed by atoms with E-state index in [4.69, 9.17) is 61.7 Å². The number of rotatable bonds is 56. The van der Waals surface area contributed by atoms with Crippen LogP contribution in [0.3, 0.4) is 0 Å². The third kappa shape index (κ3) is 20.2. The first kappa shape index (κ1) is 97.5. The number of hydrogen-bond acceptors (Lipinski definition) is 41. The average Bonchev–Trinajstić information content (AvgIpc) is 0.643. The lowest BCUT2D eigenvalue weighted by Gasteiger charge is -2.71. The minimum absolute atomic E-state index is 1.27. The Morgan fingerprint density at radius 1 is 0.222 bits per heavy atom. The van der Waals surface area contributed by atoms with Crippen LogP contribution < -0.4 is 0 Å². The van der Waals surface area contributed by atoms with Crippen LogP contribution in [0.1, 0.15) is 0 Å². The Bertz CT molecular complexity index is 1790. The van der Waals surface area contributed by atoms with E-state index in [1.807, 2.05) is 0 Å². The summed E-state index contributed by atoms with van der Waals surface area (Å²) < 4.78 is 106. The van der Waals surface area contributed by atoms with Gasteiger partial charge < -0.3 is 186 Å². The SMILES string of the molecule is C[SiH](O[Si](C)(C)C)O[Si](O[Si](O[Si](O[Si](C)(C)C)([SiH2]O)[SiH2]O)([Si](O[SiH2]O)([SiH2]O)[SiH2]O)[Si](O[SiH2]O)([SiH2]O)[SiH2]O)([Si](O[Si](O[SiH2]O)([SiH2]O)[SiH2]O)([Si](O[SiH2]O)([SiH2]O)[SiH2]O)[Si](O[SiH2]O)([SiH2]O)[SiH2]O)[Si](O[Si](O[SiH2]O)([SiH2]O)[SiH2]O)([Si](O[SiH2]O)([SiH2]O)[SiH2]O)[Si](O[SiH2]O)([SiH2]O)[SiH2]O. The average molecular weight is 2020 g/mol. The van der Waals surface area contributed by atoms with Crippen molar-refractivity contribution in [2.75, 3.05) is 0 Å². The van der Waals surface area contributed by atoms with E-state index in [-0.39, 0.29) is 0 Å². The van der Waals surface area contributed by atoms with Crippen LogP contribution in [0.15, 0.2) is 0 Å². The van der Waals surface area contributed by atoms with Crippen LogP contribution in [0, 0.1) is 0 Å². The van der Waals surface area contributed by atoms with Crippen LogP contribution in [0.2, 0.25) is 45.8 Å². The third-order valence-electron chi connectivity index (χ3n) is 14.5. The summed E-state index contributed by atoms with van der Waals surface area (Å²) in [6, 6.07) is 0. The van der Waals surface area contributed by atoms with Crippen molar-refractivity contribution in [3.05, 3.63) is 0 Å². The highest BCUT2D eigenvalue weighted by Crippen LogP contribution is 2.53. The molecule has 0 heterocycles. The van der Waals surface area contributed by atoms with E-state index in [1.54, 1.807) is 39.3 Å². The molecule has 0 aliphatic carbocycles. The molecule has 0 spiro atoms. The molecule has 0 saturated heterocycles. The van der Waals surface area contributed by atoms with Crippen LogP contribution in [0.5, 0.6) is 0 Å². The van der Waals surface area contributed by atoms with Crippen LogP contribution in [-0.4, -0.2) is 491 Å². The molecule has 0 bridgehead atoms.